The SMILES string of the molecule is CC(=O)OCOC(=O)CN(CC(=O)OCOC(C)=O)c1ccc(C)cc1OCCOc1cc2c(cc1N(CC(=O)OCOC(C)=O)CC(=O)OCOC(C)=O)C(=O)OC21c2ccc(OC(C)=O)cc2C(C)(C)c2cc(OC(C)=O)ccc21. The molecule has 0 saturated heterocycles. The fraction of sp³-hybridized carbons (Fsp3) is 0.375. The summed E-state index contributed by atoms with van der Waals surface area (Å²) in [5.74, 6) is -8.81. The van der Waals surface area contributed by atoms with Gasteiger partial charge in [-0.05, 0) is 72.1 Å². The smallest absolute Gasteiger partial charge is 0.340 e. The van der Waals surface area contributed by atoms with Gasteiger partial charge in [0.25, 0.3) is 0 Å². The zero-order chi connectivity index (χ0) is 60.1. The molecular weight excluding hydrogens is 1080 g/mol. The molecule has 82 heavy (non-hydrogen) atoms. The van der Waals surface area contributed by atoms with E-state index < -0.39 is 130 Å². The number of aryl methyl sites for hydroxylation is 1. The Labute approximate surface area is 468 Å². The summed E-state index contributed by atoms with van der Waals surface area (Å²) < 4.78 is 69.8. The van der Waals surface area contributed by atoms with Crippen molar-refractivity contribution in [2.75, 3.05) is 76.4 Å². The third-order valence-electron chi connectivity index (χ3n) is 12.2. The number of hydrogen-bond acceptors (Lipinski definition) is 26. The second-order valence-electron chi connectivity index (χ2n) is 18.6. The molecule has 0 N–H and O–H groups in total. The Morgan fingerprint density at radius 2 is 0.829 bits per heavy atom. The van der Waals surface area contributed by atoms with Crippen LogP contribution in [0.15, 0.2) is 66.7 Å². The van der Waals surface area contributed by atoms with Crippen molar-refractivity contribution in [3.63, 3.8) is 0 Å². The zero-order valence-corrected chi connectivity index (χ0v) is 46.1. The number of ether oxygens (including phenoxy) is 13. The number of benzene rings is 4. The monoisotopic (exact) mass is 1140 g/mol. The van der Waals surface area contributed by atoms with Gasteiger partial charge in [-0.15, -0.1) is 0 Å². The second-order valence-corrected chi connectivity index (χ2v) is 18.6. The summed E-state index contributed by atoms with van der Waals surface area (Å²) in [5.41, 5.74) is -0.187. The first-order valence-electron chi connectivity index (χ1n) is 24.9. The van der Waals surface area contributed by atoms with Crippen LogP contribution in [0.2, 0.25) is 0 Å². The molecule has 0 fully saturated rings. The van der Waals surface area contributed by atoms with Crippen molar-refractivity contribution in [1.29, 1.82) is 0 Å². The molecule has 1 aliphatic carbocycles. The van der Waals surface area contributed by atoms with Crippen LogP contribution in [0.1, 0.15) is 99.1 Å². The lowest BCUT2D eigenvalue weighted by Gasteiger charge is -2.44. The van der Waals surface area contributed by atoms with E-state index in [1.54, 1.807) is 43.3 Å². The summed E-state index contributed by atoms with van der Waals surface area (Å²) in [7, 11) is 0. The van der Waals surface area contributed by atoms with Crippen LogP contribution < -0.4 is 28.7 Å². The molecule has 4 aromatic rings. The van der Waals surface area contributed by atoms with Crippen LogP contribution in [0.3, 0.4) is 0 Å². The Bertz CT molecular complexity index is 3040. The quantitative estimate of drug-likeness (QED) is 0.0294. The van der Waals surface area contributed by atoms with Crippen LogP contribution >= 0.6 is 0 Å². The second kappa shape index (κ2) is 26.9. The van der Waals surface area contributed by atoms with Crippen LogP contribution in [-0.2, 0) is 102 Å². The molecule has 0 aromatic heterocycles. The predicted molar refractivity (Wildman–Crippen MR) is 277 cm³/mol. The minimum Gasteiger partial charge on any atom is -0.488 e. The molecule has 0 atom stereocenters. The lowest BCUT2D eigenvalue weighted by atomic mass is 9.61. The summed E-state index contributed by atoms with van der Waals surface area (Å²) in [6, 6.07) is 17.1. The van der Waals surface area contributed by atoms with Crippen molar-refractivity contribution in [3.8, 4) is 23.0 Å². The Kier molecular flexibility index (Phi) is 20.2. The van der Waals surface area contributed by atoms with Crippen LogP contribution in [0.4, 0.5) is 11.4 Å². The molecule has 1 spiro atoms. The average molecular weight is 1140 g/mol. The molecule has 26 nitrogen and oxygen atoms in total. The number of anilines is 2. The van der Waals surface area contributed by atoms with Crippen LogP contribution in [0, 0.1) is 6.92 Å². The van der Waals surface area contributed by atoms with E-state index in [9.17, 15) is 52.7 Å². The molecule has 6 rings (SSSR count). The number of nitrogens with zero attached hydrogens (tertiary/aromatic N) is 2. The number of rotatable bonds is 25. The highest BCUT2D eigenvalue weighted by molar-refractivity contribution is 5.99. The van der Waals surface area contributed by atoms with Crippen molar-refractivity contribution in [2.24, 2.45) is 0 Å². The molecule has 0 bridgehead atoms. The van der Waals surface area contributed by atoms with Crippen molar-refractivity contribution >= 4 is 77.0 Å². The number of carbonyl (C=O) groups is 11. The number of hydrogen-bond donors (Lipinski definition) is 0. The van der Waals surface area contributed by atoms with Gasteiger partial charge in [-0.3, -0.25) is 47.9 Å². The molecule has 1 aliphatic heterocycles. The van der Waals surface area contributed by atoms with Gasteiger partial charge in [-0.2, -0.15) is 0 Å². The Hall–Kier alpha value is -9.75. The molecule has 0 unspecified atom stereocenters. The zero-order valence-electron chi connectivity index (χ0n) is 46.1. The summed E-state index contributed by atoms with van der Waals surface area (Å²) >= 11 is 0. The van der Waals surface area contributed by atoms with E-state index in [-0.39, 0.29) is 58.7 Å². The molecule has 0 amide bonds. The first-order chi connectivity index (χ1) is 38.8. The largest absolute Gasteiger partial charge is 0.488 e. The number of esters is 11. The molecule has 2 aliphatic rings. The number of fused-ring (bicyclic) bond motifs is 6. The highest BCUT2D eigenvalue weighted by Gasteiger charge is 2.56. The average Bonchev–Trinajstić information content (AvgIpc) is 1.43. The van der Waals surface area contributed by atoms with Crippen LogP contribution in [0.25, 0.3) is 0 Å². The van der Waals surface area contributed by atoms with E-state index in [2.05, 4.69) is 0 Å². The molecule has 26 heteroatoms. The first-order valence-corrected chi connectivity index (χ1v) is 24.9. The van der Waals surface area contributed by atoms with Gasteiger partial charge < -0.3 is 71.4 Å². The van der Waals surface area contributed by atoms with E-state index in [4.69, 9.17) is 61.6 Å². The Balaban J connectivity index is 1.48. The topological polar surface area (TPSA) is 314 Å². The third-order valence-corrected chi connectivity index (χ3v) is 12.2. The Morgan fingerprint density at radius 1 is 0.439 bits per heavy atom. The lowest BCUT2D eigenvalue weighted by molar-refractivity contribution is -0.167. The van der Waals surface area contributed by atoms with Gasteiger partial charge in [0.05, 0.1) is 16.9 Å². The lowest BCUT2D eigenvalue weighted by Crippen LogP contribution is -2.41. The standard InChI is InChI=1S/C56H58N2O24/c1-31-10-15-46(57(23-50(65)76-27-72-32(2)59)24-51(66)77-28-73-33(3)60)48(18-31)70-16-17-71-49-22-43-40(21-47(49)58(25-52(67)78-29-74-34(4)61)26-53(68)79-30-75-35(5)62)54(69)82-56(43)41-13-11-38(80-36(6)63)19-44(41)55(8,9)45-20-39(81-37(7)64)12-14-42(45)56/h10-15,18-22H,16-17,23-30H2,1-9H3. The molecule has 1 heterocycles. The van der Waals surface area contributed by atoms with Gasteiger partial charge in [0.1, 0.15) is 62.4 Å². The molecular formula is C56H58N2O24. The van der Waals surface area contributed by atoms with Crippen molar-refractivity contribution in [3.05, 3.63) is 106 Å². The molecule has 0 saturated carbocycles. The van der Waals surface area contributed by atoms with Gasteiger partial charge in [-0.1, -0.05) is 32.0 Å². The van der Waals surface area contributed by atoms with Crippen molar-refractivity contribution in [1.82, 2.24) is 0 Å². The molecule has 436 valence electrons. The summed E-state index contributed by atoms with van der Waals surface area (Å²) in [6.45, 7) is 5.70. The van der Waals surface area contributed by atoms with Crippen LogP contribution in [0.5, 0.6) is 23.0 Å². The molecule has 0 radical (unpaired) electrons. The molecule has 4 aromatic carbocycles. The van der Waals surface area contributed by atoms with Crippen molar-refractivity contribution in [2.45, 2.75) is 73.3 Å². The van der Waals surface area contributed by atoms with Gasteiger partial charge in [0, 0.05) is 63.6 Å². The summed E-state index contributed by atoms with van der Waals surface area (Å²) in [5, 5.41) is 0. The highest BCUT2D eigenvalue weighted by atomic mass is 16.7. The van der Waals surface area contributed by atoms with E-state index in [1.807, 2.05) is 13.8 Å². The maximum atomic E-state index is 14.7. The normalized spacial score (nSPS) is 12.8. The minimum atomic E-state index is -1.83. The van der Waals surface area contributed by atoms with Crippen molar-refractivity contribution < 1.29 is 114 Å². The summed E-state index contributed by atoms with van der Waals surface area (Å²) in [4.78, 5) is 140. The van der Waals surface area contributed by atoms with Gasteiger partial charge in [0.15, 0.2) is 5.60 Å². The Morgan fingerprint density at radius 3 is 1.22 bits per heavy atom. The maximum Gasteiger partial charge on any atom is 0.340 e. The fourth-order valence-corrected chi connectivity index (χ4v) is 8.76. The predicted octanol–water partition coefficient (Wildman–Crippen LogP) is 4.27. The fourth-order valence-electron chi connectivity index (χ4n) is 8.76. The highest BCUT2D eigenvalue weighted by Crippen LogP contribution is 2.58. The minimum absolute atomic E-state index is 0.0863. The maximum absolute atomic E-state index is 14.7. The van der Waals surface area contributed by atoms with E-state index in [0.717, 1.165) is 32.6 Å². The summed E-state index contributed by atoms with van der Waals surface area (Å²) in [6.07, 6.45) is 0. The third kappa shape index (κ3) is 15.5. The number of carbonyl (C=O) groups excluding carboxylic acids is 11. The van der Waals surface area contributed by atoms with Gasteiger partial charge >= 0.3 is 65.7 Å². The van der Waals surface area contributed by atoms with E-state index in [1.165, 1.54) is 49.1 Å². The van der Waals surface area contributed by atoms with Gasteiger partial charge in [0.2, 0.25) is 27.2 Å². The van der Waals surface area contributed by atoms with Gasteiger partial charge in [-0.25, -0.2) is 4.79 Å². The first kappa shape index (κ1) is 61.5. The van der Waals surface area contributed by atoms with Crippen LogP contribution in [-0.4, -0.2) is 132 Å². The van der Waals surface area contributed by atoms with E-state index >= 15 is 0 Å². The van der Waals surface area contributed by atoms with E-state index in [0.29, 0.717) is 27.8 Å².